The van der Waals surface area contributed by atoms with Crippen molar-refractivity contribution in [1.29, 1.82) is 0 Å². The number of imidazole rings is 2. The van der Waals surface area contributed by atoms with Crippen LogP contribution in [0, 0.1) is 0 Å². The number of H-pyrrole nitrogens is 2. The molecule has 3 fully saturated rings. The lowest BCUT2D eigenvalue weighted by Crippen LogP contribution is -2.34. The first kappa shape index (κ1) is 29.4. The lowest BCUT2D eigenvalue weighted by atomic mass is 10.1. The minimum absolute atomic E-state index is 0.0992. The number of fused-ring (bicyclic) bond motifs is 5. The number of nitrogens with one attached hydrogen (secondary N) is 2. The van der Waals surface area contributed by atoms with Crippen molar-refractivity contribution in [3.8, 4) is 0 Å². The molecule has 20 nitrogen and oxygen atoms in total. The van der Waals surface area contributed by atoms with Crippen LogP contribution in [0.4, 0.5) is 8.78 Å². The Labute approximate surface area is 241 Å². The normalized spacial score (nSPS) is 38.3. The molecule has 4 aromatic heterocycles. The van der Waals surface area contributed by atoms with Gasteiger partial charge in [-0.3, -0.25) is 36.8 Å². The Hall–Kier alpha value is -3.30. The summed E-state index contributed by atoms with van der Waals surface area (Å²) in [5.41, 5.74) is -1.81. The molecule has 3 aliphatic heterocycles. The number of hydrogen-bond acceptors (Lipinski definition) is 14. The van der Waals surface area contributed by atoms with Crippen LogP contribution in [-0.2, 0) is 36.7 Å². The van der Waals surface area contributed by atoms with Crippen LogP contribution in [0.25, 0.3) is 22.3 Å². The predicted molar refractivity (Wildman–Crippen MR) is 135 cm³/mol. The highest BCUT2D eigenvalue weighted by molar-refractivity contribution is 7.47. The van der Waals surface area contributed by atoms with E-state index in [9.17, 15) is 28.5 Å². The Kier molecular flexibility index (Phi) is 7.12. The van der Waals surface area contributed by atoms with E-state index in [1.807, 2.05) is 0 Å². The molecule has 2 bridgehead atoms. The van der Waals surface area contributed by atoms with Gasteiger partial charge >= 0.3 is 15.6 Å². The Morgan fingerprint density at radius 3 is 1.84 bits per heavy atom. The first-order chi connectivity index (χ1) is 20.9. The van der Waals surface area contributed by atoms with Gasteiger partial charge in [0.15, 0.2) is 47.1 Å². The molecule has 10 atom stereocenters. The van der Waals surface area contributed by atoms with Crippen LogP contribution < -0.4 is 11.1 Å². The quantitative estimate of drug-likeness (QED) is 0.201. The van der Waals surface area contributed by atoms with Gasteiger partial charge in [-0.1, -0.05) is 0 Å². The van der Waals surface area contributed by atoms with E-state index in [2.05, 4.69) is 29.9 Å². The van der Waals surface area contributed by atoms with Crippen molar-refractivity contribution in [3.63, 3.8) is 0 Å². The van der Waals surface area contributed by atoms with Crippen molar-refractivity contribution >= 4 is 38.0 Å². The Balaban J connectivity index is 1.21. The van der Waals surface area contributed by atoms with Gasteiger partial charge in [0.05, 0.1) is 38.5 Å². The topological polar surface area (TPSA) is 257 Å². The van der Waals surface area contributed by atoms with Crippen molar-refractivity contribution < 1.29 is 55.3 Å². The molecule has 3 aliphatic rings. The molecule has 2 unspecified atom stereocenters. The second kappa shape index (κ2) is 10.7. The smallest absolute Gasteiger partial charge is 0.346 e. The monoisotopic (exact) mass is 664 g/mol. The van der Waals surface area contributed by atoms with E-state index in [0.717, 1.165) is 34.4 Å². The average molecular weight is 664 g/mol. The molecule has 7 heterocycles. The molecule has 7 rings (SSSR count). The first-order valence-corrected chi connectivity index (χ1v) is 15.6. The lowest BCUT2D eigenvalue weighted by molar-refractivity contribution is -0.0669. The summed E-state index contributed by atoms with van der Waals surface area (Å²) in [5, 5.41) is 0. The molecule has 44 heavy (non-hydrogen) atoms. The SMILES string of the molecule is O=c1[nH]cnc2c1ncn2[C@@H]1O[C@@H]2COP(=O)(O)O[C@@H]3[C@@H](F)[C@@H](COP(=O)(O)O[C@H]2[C@H]1F)O[C@H]3n1cnc2c(=O)[nH]cnc21. The summed E-state index contributed by atoms with van der Waals surface area (Å²) in [6.45, 7) is -1.94. The van der Waals surface area contributed by atoms with Crippen molar-refractivity contribution in [3.05, 3.63) is 46.0 Å². The third-order valence-electron chi connectivity index (χ3n) is 7.12. The summed E-state index contributed by atoms with van der Waals surface area (Å²) in [7, 11) is -10.4. The van der Waals surface area contributed by atoms with Crippen molar-refractivity contribution in [1.82, 2.24) is 39.0 Å². The fourth-order valence-electron chi connectivity index (χ4n) is 5.15. The van der Waals surface area contributed by atoms with E-state index in [-0.39, 0.29) is 22.3 Å². The molecule has 3 saturated heterocycles. The van der Waals surface area contributed by atoms with E-state index in [1.165, 1.54) is 0 Å². The summed E-state index contributed by atoms with van der Waals surface area (Å²) < 4.78 is 90.9. The third kappa shape index (κ3) is 5.02. The predicted octanol–water partition coefficient (Wildman–Crippen LogP) is -0.258. The Morgan fingerprint density at radius 2 is 1.25 bits per heavy atom. The van der Waals surface area contributed by atoms with E-state index in [1.54, 1.807) is 0 Å². The van der Waals surface area contributed by atoms with Crippen molar-refractivity contribution in [2.45, 2.75) is 49.2 Å². The number of phosphoric ester groups is 2. The maximum absolute atomic E-state index is 15.8. The molecule has 24 heteroatoms. The maximum atomic E-state index is 15.8. The molecule has 4 N–H and O–H groups in total. The van der Waals surface area contributed by atoms with Gasteiger partial charge in [0.2, 0.25) is 0 Å². The molecule has 236 valence electrons. The van der Waals surface area contributed by atoms with Crippen LogP contribution in [0.5, 0.6) is 0 Å². The fraction of sp³-hybridized carbons (Fsp3) is 0.500. The highest BCUT2D eigenvalue weighted by atomic mass is 31.2. The Morgan fingerprint density at radius 1 is 0.750 bits per heavy atom. The van der Waals surface area contributed by atoms with Gasteiger partial charge in [0.25, 0.3) is 11.1 Å². The molecule has 0 aromatic carbocycles. The molecule has 0 spiro atoms. The highest BCUT2D eigenvalue weighted by Gasteiger charge is 2.55. The molecule has 0 amide bonds. The number of nitrogens with zero attached hydrogens (tertiary/aromatic N) is 6. The van der Waals surface area contributed by atoms with Crippen LogP contribution in [0.3, 0.4) is 0 Å². The van der Waals surface area contributed by atoms with Gasteiger partial charge < -0.3 is 29.2 Å². The summed E-state index contributed by atoms with van der Waals surface area (Å²) in [6, 6.07) is 0. The summed E-state index contributed by atoms with van der Waals surface area (Å²) in [5.74, 6) is 0. The second-order valence-electron chi connectivity index (χ2n) is 9.80. The van der Waals surface area contributed by atoms with Crippen molar-refractivity contribution in [2.24, 2.45) is 0 Å². The maximum Gasteiger partial charge on any atom is 0.472 e. The first-order valence-electron chi connectivity index (χ1n) is 12.6. The standard InChI is InChI=1S/C20H20F2N8O12P2/c21-9-7-1-37-43(33,34)41-13-8(40-19(10(13)22)29-5-27-11-15(29)23-3-25-17(11)31)2-38-44(35,36)42-14(9)20(39-7)30-6-28-12-16(30)24-4-26-18(12)32/h3-10,13-14,19-20H,1-2H2,(H,33,34)(H,35,36)(H,23,25,31)(H,24,26,32)/t7-,8-,9+,10-,13-,14-,19-,20-/m1/s1. The van der Waals surface area contributed by atoms with Crippen molar-refractivity contribution in [2.75, 3.05) is 13.2 Å². The number of rotatable bonds is 2. The van der Waals surface area contributed by atoms with Gasteiger partial charge in [-0.15, -0.1) is 0 Å². The number of aromatic nitrogens is 8. The van der Waals surface area contributed by atoms with Crippen LogP contribution in [0.1, 0.15) is 12.5 Å². The highest BCUT2D eigenvalue weighted by Crippen LogP contribution is 2.54. The summed E-state index contributed by atoms with van der Waals surface area (Å²) in [4.78, 5) is 65.5. The van der Waals surface area contributed by atoms with Gasteiger partial charge in [-0.25, -0.2) is 37.8 Å². The second-order valence-corrected chi connectivity index (χ2v) is 12.6. The molecule has 0 aliphatic carbocycles. The molecular formula is C20H20F2N8O12P2. The van der Waals surface area contributed by atoms with Crippen LogP contribution >= 0.6 is 15.6 Å². The zero-order valence-electron chi connectivity index (χ0n) is 21.7. The van der Waals surface area contributed by atoms with Crippen LogP contribution in [0.15, 0.2) is 34.9 Å². The van der Waals surface area contributed by atoms with Crippen LogP contribution in [-0.4, -0.2) is 98.8 Å². The average Bonchev–Trinajstić information content (AvgIpc) is 3.73. The number of aromatic amines is 2. The summed E-state index contributed by atoms with van der Waals surface area (Å²) in [6.07, 6.45) is -10.9. The van der Waals surface area contributed by atoms with Crippen LogP contribution in [0.2, 0.25) is 0 Å². The number of phosphoric acid groups is 2. The molecule has 4 aromatic rings. The van der Waals surface area contributed by atoms with Gasteiger partial charge in [-0.05, 0) is 0 Å². The van der Waals surface area contributed by atoms with E-state index in [0.29, 0.717) is 0 Å². The van der Waals surface area contributed by atoms with Gasteiger partial charge in [0.1, 0.15) is 24.4 Å². The Bertz CT molecular complexity index is 1950. The lowest BCUT2D eigenvalue weighted by Gasteiger charge is -2.25. The fourth-order valence-corrected chi connectivity index (χ4v) is 7.03. The van der Waals surface area contributed by atoms with Gasteiger partial charge in [0, 0.05) is 0 Å². The number of ether oxygens (including phenoxy) is 2. The zero-order valence-corrected chi connectivity index (χ0v) is 23.4. The van der Waals surface area contributed by atoms with E-state index >= 15 is 8.78 Å². The zero-order chi connectivity index (χ0) is 31.0. The minimum atomic E-state index is -5.22. The molecular weight excluding hydrogens is 644 g/mol. The molecule has 0 radical (unpaired) electrons. The van der Waals surface area contributed by atoms with E-state index < -0.39 is 89.2 Å². The third-order valence-corrected chi connectivity index (χ3v) is 9.09. The molecule has 0 saturated carbocycles. The largest absolute Gasteiger partial charge is 0.472 e. The number of hydrogen-bond donors (Lipinski definition) is 4. The number of alkyl halides is 2. The summed E-state index contributed by atoms with van der Waals surface area (Å²) >= 11 is 0. The minimum Gasteiger partial charge on any atom is -0.346 e. The van der Waals surface area contributed by atoms with E-state index in [4.69, 9.17) is 27.6 Å². The van der Waals surface area contributed by atoms with Gasteiger partial charge in [-0.2, -0.15) is 0 Å². The number of halogens is 2.